The predicted octanol–water partition coefficient (Wildman–Crippen LogP) is 2.29. The molecule has 0 amide bonds. The lowest BCUT2D eigenvalue weighted by molar-refractivity contribution is 0.936. The topological polar surface area (TPSA) is 16.1 Å². The van der Waals surface area contributed by atoms with Gasteiger partial charge in [0.1, 0.15) is 5.82 Å². The molecule has 2 heterocycles. The van der Waals surface area contributed by atoms with Gasteiger partial charge in [0, 0.05) is 22.9 Å². The van der Waals surface area contributed by atoms with Crippen molar-refractivity contribution in [3.63, 3.8) is 0 Å². The average molecular weight is 274 g/mol. The van der Waals surface area contributed by atoms with Crippen molar-refractivity contribution in [2.24, 2.45) is 0 Å². The fraction of sp³-hybridized carbons (Fsp3) is 0.444. The molecule has 0 bridgehead atoms. The summed E-state index contributed by atoms with van der Waals surface area (Å²) in [7, 11) is 0. The molecule has 2 rings (SSSR count). The first kappa shape index (κ1) is 8.29. The summed E-state index contributed by atoms with van der Waals surface area (Å²) in [6, 6.07) is 4.17. The molecule has 12 heavy (non-hydrogen) atoms. The van der Waals surface area contributed by atoms with Gasteiger partial charge in [0.15, 0.2) is 0 Å². The highest BCUT2D eigenvalue weighted by molar-refractivity contribution is 14.1. The number of hydrogen-bond acceptors (Lipinski definition) is 2. The van der Waals surface area contributed by atoms with Crippen LogP contribution in [0, 0.1) is 3.57 Å². The Balaban J connectivity index is 2.21. The molecule has 1 fully saturated rings. The molecule has 1 aliphatic rings. The fourth-order valence-electron chi connectivity index (χ4n) is 1.51. The Bertz CT molecular complexity index is 269. The van der Waals surface area contributed by atoms with E-state index in [9.17, 15) is 0 Å². The molecular formula is C9H11IN2. The molecule has 64 valence electrons. The van der Waals surface area contributed by atoms with Gasteiger partial charge in [0.25, 0.3) is 0 Å². The zero-order valence-electron chi connectivity index (χ0n) is 6.83. The maximum Gasteiger partial charge on any atom is 0.129 e. The molecule has 1 aromatic heterocycles. The summed E-state index contributed by atoms with van der Waals surface area (Å²) in [4.78, 5) is 6.69. The summed E-state index contributed by atoms with van der Waals surface area (Å²) >= 11 is 2.33. The first-order valence-electron chi connectivity index (χ1n) is 4.23. The van der Waals surface area contributed by atoms with Crippen LogP contribution in [0.3, 0.4) is 0 Å². The van der Waals surface area contributed by atoms with E-state index in [2.05, 4.69) is 38.5 Å². The molecule has 0 unspecified atom stereocenters. The molecule has 0 saturated carbocycles. The molecule has 2 nitrogen and oxygen atoms in total. The summed E-state index contributed by atoms with van der Waals surface area (Å²) in [6.07, 6.45) is 4.51. The Morgan fingerprint density at radius 3 is 2.75 bits per heavy atom. The third kappa shape index (κ3) is 1.71. The summed E-state index contributed by atoms with van der Waals surface area (Å²) in [5, 5.41) is 0. The van der Waals surface area contributed by atoms with E-state index < -0.39 is 0 Å². The van der Waals surface area contributed by atoms with E-state index in [0.717, 1.165) is 5.82 Å². The van der Waals surface area contributed by atoms with E-state index in [0.29, 0.717) is 0 Å². The minimum absolute atomic E-state index is 1.14. The predicted molar refractivity (Wildman–Crippen MR) is 58.4 cm³/mol. The van der Waals surface area contributed by atoms with Crippen LogP contribution in [-0.2, 0) is 0 Å². The molecule has 0 spiro atoms. The molecular weight excluding hydrogens is 263 g/mol. The van der Waals surface area contributed by atoms with E-state index in [1.54, 1.807) is 0 Å². The molecule has 1 aliphatic heterocycles. The van der Waals surface area contributed by atoms with E-state index >= 15 is 0 Å². The lowest BCUT2D eigenvalue weighted by Crippen LogP contribution is -2.18. The molecule has 3 heteroatoms. The molecule has 0 radical (unpaired) electrons. The van der Waals surface area contributed by atoms with Crippen LogP contribution < -0.4 is 4.90 Å². The summed E-state index contributed by atoms with van der Waals surface area (Å²) in [6.45, 7) is 2.35. The van der Waals surface area contributed by atoms with Crippen LogP contribution in [0.25, 0.3) is 0 Å². The standard InChI is InChI=1S/C9H11IN2/c10-8-3-4-11-9(7-8)12-5-1-2-6-12/h3-4,7H,1-2,5-6H2. The molecule has 0 N–H and O–H groups in total. The first-order valence-corrected chi connectivity index (χ1v) is 5.30. The summed E-state index contributed by atoms with van der Waals surface area (Å²) < 4.78 is 1.27. The minimum Gasteiger partial charge on any atom is -0.357 e. The SMILES string of the molecule is Ic1ccnc(N2CCCC2)c1. The van der Waals surface area contributed by atoms with Gasteiger partial charge in [0.2, 0.25) is 0 Å². The van der Waals surface area contributed by atoms with Gasteiger partial charge in [-0.3, -0.25) is 0 Å². The first-order chi connectivity index (χ1) is 5.86. The largest absolute Gasteiger partial charge is 0.357 e. The second kappa shape index (κ2) is 3.60. The van der Waals surface area contributed by atoms with Crippen LogP contribution >= 0.6 is 22.6 Å². The number of rotatable bonds is 1. The zero-order valence-corrected chi connectivity index (χ0v) is 8.99. The third-order valence-electron chi connectivity index (χ3n) is 2.14. The average Bonchev–Trinajstić information content (AvgIpc) is 2.56. The van der Waals surface area contributed by atoms with Crippen LogP contribution in [0.2, 0.25) is 0 Å². The van der Waals surface area contributed by atoms with E-state index in [-0.39, 0.29) is 0 Å². The number of pyridine rings is 1. The van der Waals surface area contributed by atoms with Crippen molar-refractivity contribution in [1.29, 1.82) is 0 Å². The number of halogens is 1. The van der Waals surface area contributed by atoms with Gasteiger partial charge in [-0.15, -0.1) is 0 Å². The van der Waals surface area contributed by atoms with Crippen LogP contribution in [0.5, 0.6) is 0 Å². The van der Waals surface area contributed by atoms with Crippen molar-refractivity contribution in [3.8, 4) is 0 Å². The molecule has 0 aliphatic carbocycles. The second-order valence-corrected chi connectivity index (χ2v) is 4.27. The quantitative estimate of drug-likeness (QED) is 0.730. The number of nitrogens with zero attached hydrogens (tertiary/aromatic N) is 2. The zero-order chi connectivity index (χ0) is 8.39. The van der Waals surface area contributed by atoms with E-state index in [1.807, 2.05) is 12.3 Å². The van der Waals surface area contributed by atoms with Gasteiger partial charge in [-0.1, -0.05) is 0 Å². The Morgan fingerprint density at radius 2 is 2.08 bits per heavy atom. The lowest BCUT2D eigenvalue weighted by atomic mass is 10.4. The number of anilines is 1. The van der Waals surface area contributed by atoms with Gasteiger partial charge >= 0.3 is 0 Å². The van der Waals surface area contributed by atoms with Gasteiger partial charge in [0.05, 0.1) is 0 Å². The van der Waals surface area contributed by atoms with E-state index in [4.69, 9.17) is 0 Å². The monoisotopic (exact) mass is 274 g/mol. The van der Waals surface area contributed by atoms with Gasteiger partial charge in [-0.05, 0) is 47.6 Å². The Morgan fingerprint density at radius 1 is 1.33 bits per heavy atom. The highest BCUT2D eigenvalue weighted by Crippen LogP contribution is 2.18. The van der Waals surface area contributed by atoms with Crippen molar-refractivity contribution in [3.05, 3.63) is 21.9 Å². The lowest BCUT2D eigenvalue weighted by Gasteiger charge is -2.15. The van der Waals surface area contributed by atoms with Gasteiger partial charge in [-0.2, -0.15) is 0 Å². The van der Waals surface area contributed by atoms with Crippen molar-refractivity contribution >= 4 is 28.4 Å². The maximum absolute atomic E-state index is 4.34. The van der Waals surface area contributed by atoms with Crippen molar-refractivity contribution in [2.45, 2.75) is 12.8 Å². The molecule has 1 saturated heterocycles. The van der Waals surface area contributed by atoms with Crippen molar-refractivity contribution in [1.82, 2.24) is 4.98 Å². The highest BCUT2D eigenvalue weighted by atomic mass is 127. The van der Waals surface area contributed by atoms with Gasteiger partial charge < -0.3 is 4.90 Å². The van der Waals surface area contributed by atoms with Gasteiger partial charge in [-0.25, -0.2) is 4.98 Å². The van der Waals surface area contributed by atoms with Crippen molar-refractivity contribution in [2.75, 3.05) is 18.0 Å². The number of aromatic nitrogens is 1. The van der Waals surface area contributed by atoms with Crippen molar-refractivity contribution < 1.29 is 0 Å². The smallest absolute Gasteiger partial charge is 0.129 e. The van der Waals surface area contributed by atoms with Crippen LogP contribution in [-0.4, -0.2) is 18.1 Å². The minimum atomic E-state index is 1.14. The third-order valence-corrected chi connectivity index (χ3v) is 2.81. The summed E-state index contributed by atoms with van der Waals surface area (Å²) in [5.41, 5.74) is 0. The Hall–Kier alpha value is -0.320. The van der Waals surface area contributed by atoms with Crippen LogP contribution in [0.1, 0.15) is 12.8 Å². The van der Waals surface area contributed by atoms with Crippen LogP contribution in [0.4, 0.5) is 5.82 Å². The summed E-state index contributed by atoms with van der Waals surface area (Å²) in [5.74, 6) is 1.14. The normalized spacial score (nSPS) is 16.9. The maximum atomic E-state index is 4.34. The van der Waals surface area contributed by atoms with Crippen LogP contribution in [0.15, 0.2) is 18.3 Å². The van der Waals surface area contributed by atoms with E-state index in [1.165, 1.54) is 29.5 Å². The highest BCUT2D eigenvalue weighted by Gasteiger charge is 2.12. The fourth-order valence-corrected chi connectivity index (χ4v) is 1.95. The Kier molecular flexibility index (Phi) is 2.48. The second-order valence-electron chi connectivity index (χ2n) is 3.03. The molecule has 1 aromatic rings. The number of hydrogen-bond donors (Lipinski definition) is 0. The molecule has 0 aromatic carbocycles. The Labute approximate surface area is 86.1 Å². The molecule has 0 atom stereocenters.